The Labute approximate surface area is 127 Å². The van der Waals surface area contributed by atoms with Crippen molar-refractivity contribution in [1.82, 2.24) is 5.43 Å². The molecule has 2 rings (SSSR count). The smallest absolute Gasteiger partial charge is 0.329 e. The minimum Gasteiger partial charge on any atom is -0.497 e. The van der Waals surface area contributed by atoms with Crippen LogP contribution >= 0.6 is 0 Å². The van der Waals surface area contributed by atoms with E-state index in [1.54, 1.807) is 43.3 Å². The molecule has 7 heteroatoms. The third kappa shape index (κ3) is 4.20. The summed E-state index contributed by atoms with van der Waals surface area (Å²) in [5, 5.41) is 6.09. The summed E-state index contributed by atoms with van der Waals surface area (Å²) in [6.45, 7) is 1.79. The predicted molar refractivity (Wildman–Crippen MR) is 80.8 cm³/mol. The van der Waals surface area contributed by atoms with E-state index in [1.165, 1.54) is 13.3 Å². The Hall–Kier alpha value is -3.09. The molecule has 0 bridgehead atoms. The van der Waals surface area contributed by atoms with Crippen LogP contribution in [0.15, 0.2) is 45.9 Å². The van der Waals surface area contributed by atoms with Crippen LogP contribution in [0.25, 0.3) is 0 Å². The SMILES string of the molecule is COc1cccc(NC(=O)C(=O)N/N=C\c2ccc(C)o2)c1. The highest BCUT2D eigenvalue weighted by Gasteiger charge is 2.13. The van der Waals surface area contributed by atoms with Crippen LogP contribution in [0.3, 0.4) is 0 Å². The molecule has 0 saturated carbocycles. The minimum absolute atomic E-state index is 0.449. The van der Waals surface area contributed by atoms with Gasteiger partial charge < -0.3 is 14.5 Å². The molecule has 2 amide bonds. The second-order valence-corrected chi connectivity index (χ2v) is 4.33. The molecule has 2 N–H and O–H groups in total. The number of carbonyl (C=O) groups excluding carboxylic acids is 2. The van der Waals surface area contributed by atoms with E-state index < -0.39 is 11.8 Å². The van der Waals surface area contributed by atoms with Gasteiger partial charge in [-0.05, 0) is 31.2 Å². The molecule has 2 aromatic rings. The maximum absolute atomic E-state index is 11.7. The quantitative estimate of drug-likeness (QED) is 0.510. The van der Waals surface area contributed by atoms with Crippen LogP contribution in [-0.4, -0.2) is 25.1 Å². The summed E-state index contributed by atoms with van der Waals surface area (Å²) in [4.78, 5) is 23.3. The van der Waals surface area contributed by atoms with Gasteiger partial charge in [0.15, 0.2) is 0 Å². The molecule has 0 aliphatic carbocycles. The molecule has 0 atom stereocenters. The van der Waals surface area contributed by atoms with Crippen molar-refractivity contribution in [2.45, 2.75) is 6.92 Å². The Morgan fingerprint density at radius 2 is 2.05 bits per heavy atom. The number of hydrogen-bond acceptors (Lipinski definition) is 5. The number of rotatable bonds is 4. The van der Waals surface area contributed by atoms with Crippen molar-refractivity contribution in [1.29, 1.82) is 0 Å². The summed E-state index contributed by atoms with van der Waals surface area (Å²) in [5.41, 5.74) is 2.57. The van der Waals surface area contributed by atoms with Crippen molar-refractivity contribution in [3.05, 3.63) is 47.9 Å². The van der Waals surface area contributed by atoms with Gasteiger partial charge in [0.2, 0.25) is 0 Å². The van der Waals surface area contributed by atoms with Crippen LogP contribution in [0.4, 0.5) is 5.69 Å². The fourth-order valence-corrected chi connectivity index (χ4v) is 1.62. The number of carbonyl (C=O) groups is 2. The summed E-state index contributed by atoms with van der Waals surface area (Å²) in [5.74, 6) is 0.0577. The lowest BCUT2D eigenvalue weighted by molar-refractivity contribution is -0.136. The highest BCUT2D eigenvalue weighted by atomic mass is 16.5. The Balaban J connectivity index is 1.89. The second-order valence-electron chi connectivity index (χ2n) is 4.33. The maximum Gasteiger partial charge on any atom is 0.329 e. The Morgan fingerprint density at radius 1 is 1.23 bits per heavy atom. The first-order valence-electron chi connectivity index (χ1n) is 6.43. The summed E-state index contributed by atoms with van der Waals surface area (Å²) in [6.07, 6.45) is 1.31. The minimum atomic E-state index is -0.887. The fraction of sp³-hybridized carbons (Fsp3) is 0.133. The highest BCUT2D eigenvalue weighted by molar-refractivity contribution is 6.39. The molecular formula is C15H15N3O4. The number of ether oxygens (including phenoxy) is 1. The first-order valence-corrected chi connectivity index (χ1v) is 6.43. The van der Waals surface area contributed by atoms with Crippen molar-refractivity contribution in [2.24, 2.45) is 5.10 Å². The van der Waals surface area contributed by atoms with Gasteiger partial charge in [0.1, 0.15) is 17.3 Å². The molecule has 0 fully saturated rings. The predicted octanol–water partition coefficient (Wildman–Crippen LogP) is 1.69. The van der Waals surface area contributed by atoms with Crippen LogP contribution in [-0.2, 0) is 9.59 Å². The first kappa shape index (κ1) is 15.3. The van der Waals surface area contributed by atoms with Crippen molar-refractivity contribution in [3.8, 4) is 5.75 Å². The largest absolute Gasteiger partial charge is 0.497 e. The number of hydrazone groups is 1. The average Bonchev–Trinajstić information content (AvgIpc) is 2.92. The lowest BCUT2D eigenvalue weighted by atomic mass is 10.3. The number of nitrogens with zero attached hydrogens (tertiary/aromatic N) is 1. The first-order chi connectivity index (χ1) is 10.6. The normalized spacial score (nSPS) is 10.5. The Bertz CT molecular complexity index is 706. The zero-order valence-corrected chi connectivity index (χ0v) is 12.1. The van der Waals surface area contributed by atoms with E-state index in [0.717, 1.165) is 5.76 Å². The number of furan rings is 1. The third-order valence-electron chi connectivity index (χ3n) is 2.65. The molecule has 0 saturated heterocycles. The summed E-state index contributed by atoms with van der Waals surface area (Å²) >= 11 is 0. The van der Waals surface area contributed by atoms with Gasteiger partial charge >= 0.3 is 11.8 Å². The molecule has 1 aromatic carbocycles. The summed E-state index contributed by atoms with van der Waals surface area (Å²) in [7, 11) is 1.51. The molecule has 0 spiro atoms. The van der Waals surface area contributed by atoms with E-state index >= 15 is 0 Å². The number of anilines is 1. The van der Waals surface area contributed by atoms with Crippen LogP contribution in [0, 0.1) is 6.92 Å². The molecule has 114 valence electrons. The van der Waals surface area contributed by atoms with E-state index in [2.05, 4.69) is 15.8 Å². The number of nitrogens with one attached hydrogen (secondary N) is 2. The second kappa shape index (κ2) is 7.07. The summed E-state index contributed by atoms with van der Waals surface area (Å²) in [6, 6.07) is 10.1. The zero-order valence-electron chi connectivity index (χ0n) is 12.1. The number of hydrogen-bond donors (Lipinski definition) is 2. The average molecular weight is 301 g/mol. The van der Waals surface area contributed by atoms with Gasteiger partial charge in [0.05, 0.1) is 13.3 Å². The molecule has 22 heavy (non-hydrogen) atoms. The van der Waals surface area contributed by atoms with Gasteiger partial charge in [-0.1, -0.05) is 6.07 Å². The third-order valence-corrected chi connectivity index (χ3v) is 2.65. The van der Waals surface area contributed by atoms with E-state index in [-0.39, 0.29) is 0 Å². The maximum atomic E-state index is 11.7. The Kier molecular flexibility index (Phi) is 4.92. The van der Waals surface area contributed by atoms with Crippen LogP contribution in [0.2, 0.25) is 0 Å². The fourth-order valence-electron chi connectivity index (χ4n) is 1.62. The topological polar surface area (TPSA) is 92.9 Å². The monoisotopic (exact) mass is 301 g/mol. The molecule has 7 nitrogen and oxygen atoms in total. The summed E-state index contributed by atoms with van der Waals surface area (Å²) < 4.78 is 10.3. The van der Waals surface area contributed by atoms with E-state index in [0.29, 0.717) is 17.2 Å². The molecule has 0 radical (unpaired) electrons. The number of benzene rings is 1. The molecule has 0 aliphatic heterocycles. The number of methoxy groups -OCH3 is 1. The number of amides is 2. The number of aryl methyl sites for hydroxylation is 1. The lowest BCUT2D eigenvalue weighted by Gasteiger charge is -2.05. The van der Waals surface area contributed by atoms with Gasteiger partial charge in [-0.3, -0.25) is 9.59 Å². The van der Waals surface area contributed by atoms with Crippen molar-refractivity contribution >= 4 is 23.7 Å². The van der Waals surface area contributed by atoms with Gasteiger partial charge in [-0.25, -0.2) is 5.43 Å². The van der Waals surface area contributed by atoms with Crippen LogP contribution < -0.4 is 15.5 Å². The van der Waals surface area contributed by atoms with E-state index in [9.17, 15) is 9.59 Å². The van der Waals surface area contributed by atoms with Crippen molar-refractivity contribution < 1.29 is 18.7 Å². The molecule has 0 aliphatic rings. The molecule has 1 heterocycles. The van der Waals surface area contributed by atoms with Crippen LogP contribution in [0.5, 0.6) is 5.75 Å². The molecule has 1 aromatic heterocycles. The lowest BCUT2D eigenvalue weighted by Crippen LogP contribution is -2.32. The van der Waals surface area contributed by atoms with E-state index in [1.807, 2.05) is 0 Å². The Morgan fingerprint density at radius 3 is 2.73 bits per heavy atom. The zero-order chi connectivity index (χ0) is 15.9. The molecular weight excluding hydrogens is 286 g/mol. The van der Waals surface area contributed by atoms with Gasteiger partial charge in [-0.2, -0.15) is 5.10 Å². The van der Waals surface area contributed by atoms with Gasteiger partial charge in [-0.15, -0.1) is 0 Å². The highest BCUT2D eigenvalue weighted by Crippen LogP contribution is 2.16. The standard InChI is InChI=1S/C15H15N3O4/c1-10-6-7-13(22-10)9-16-18-15(20)14(19)17-11-4-3-5-12(8-11)21-2/h3-9H,1-2H3,(H,17,19)(H,18,20)/b16-9-. The van der Waals surface area contributed by atoms with Crippen LogP contribution in [0.1, 0.15) is 11.5 Å². The molecule has 0 unspecified atom stereocenters. The van der Waals surface area contributed by atoms with E-state index in [4.69, 9.17) is 9.15 Å². The van der Waals surface area contributed by atoms with Gasteiger partial charge in [0, 0.05) is 11.8 Å². The van der Waals surface area contributed by atoms with Crippen molar-refractivity contribution in [3.63, 3.8) is 0 Å². The van der Waals surface area contributed by atoms with Crippen molar-refractivity contribution in [2.75, 3.05) is 12.4 Å². The van der Waals surface area contributed by atoms with Gasteiger partial charge in [0.25, 0.3) is 0 Å².